The summed E-state index contributed by atoms with van der Waals surface area (Å²) in [5.41, 5.74) is 0.463. The van der Waals surface area contributed by atoms with Crippen molar-refractivity contribution in [3.63, 3.8) is 0 Å². The maximum atomic E-state index is 13.4. The van der Waals surface area contributed by atoms with E-state index >= 15 is 0 Å². The number of hydrogen-bond donors (Lipinski definition) is 1. The van der Waals surface area contributed by atoms with E-state index in [1.165, 1.54) is 103 Å². The lowest BCUT2D eigenvalue weighted by Crippen LogP contribution is -2.58. The summed E-state index contributed by atoms with van der Waals surface area (Å²) in [5.74, 6) is -1.26. The van der Waals surface area contributed by atoms with Gasteiger partial charge in [-0.25, -0.2) is 0 Å². The van der Waals surface area contributed by atoms with Gasteiger partial charge in [-0.3, -0.25) is 24.1 Å². The average molecular weight is 627 g/mol. The van der Waals surface area contributed by atoms with Gasteiger partial charge in [0.15, 0.2) is 12.3 Å². The number of rotatable bonds is 26. The second-order valence-electron chi connectivity index (χ2n) is 13.6. The number of piperidine rings is 1. The van der Waals surface area contributed by atoms with Gasteiger partial charge < -0.3 is 9.80 Å². The molecule has 0 saturated carbocycles. The molecule has 1 N–H and O–H groups in total. The maximum absolute atomic E-state index is 13.4. The molecular weight excluding hydrogens is 562 g/mol. The van der Waals surface area contributed by atoms with Crippen LogP contribution in [0.4, 0.5) is 0 Å². The molecule has 3 amide bonds. The molecule has 1 heterocycles. The molecule has 0 spiro atoms. The molecule has 1 aromatic carbocycles. The van der Waals surface area contributed by atoms with Crippen LogP contribution in [0.3, 0.4) is 0 Å². The van der Waals surface area contributed by atoms with Gasteiger partial charge >= 0.3 is 0 Å². The molecule has 254 valence electrons. The predicted molar refractivity (Wildman–Crippen MR) is 184 cm³/mol. The number of imide groups is 1. The minimum atomic E-state index is -0.771. The zero-order chi connectivity index (χ0) is 32.8. The Morgan fingerprint density at radius 3 is 1.69 bits per heavy atom. The fraction of sp³-hybridized carbons (Fsp3) is 0.737. The summed E-state index contributed by atoms with van der Waals surface area (Å²) in [5, 5.41) is 2.95. The van der Waals surface area contributed by atoms with Gasteiger partial charge in [-0.05, 0) is 32.1 Å². The number of amides is 3. The summed E-state index contributed by atoms with van der Waals surface area (Å²) in [7, 11) is 2.19. The van der Waals surface area contributed by atoms with Crippen LogP contribution in [-0.4, -0.2) is 72.2 Å². The van der Waals surface area contributed by atoms with Crippen LogP contribution in [0.15, 0.2) is 30.3 Å². The second kappa shape index (κ2) is 22.9. The van der Waals surface area contributed by atoms with Gasteiger partial charge in [0.2, 0.25) is 5.91 Å². The number of carbonyl (C=O) groups excluding carboxylic acids is 4. The molecule has 0 aromatic heterocycles. The number of quaternary nitrogens is 1. The largest absolute Gasteiger partial charge is 0.339 e. The van der Waals surface area contributed by atoms with Gasteiger partial charge in [0, 0.05) is 12.0 Å². The van der Waals surface area contributed by atoms with Crippen LogP contribution in [0.5, 0.6) is 0 Å². The maximum Gasteiger partial charge on any atom is 0.275 e. The first-order valence-corrected chi connectivity index (χ1v) is 18.3. The van der Waals surface area contributed by atoms with E-state index in [1.54, 1.807) is 24.3 Å². The van der Waals surface area contributed by atoms with Gasteiger partial charge in [0.25, 0.3) is 11.8 Å². The Balaban J connectivity index is 1.87. The number of likely N-dealkylation sites (tertiary alicyclic amines) is 1. The molecule has 1 aliphatic rings. The molecule has 1 atom stereocenters. The van der Waals surface area contributed by atoms with E-state index in [2.05, 4.69) is 26.2 Å². The van der Waals surface area contributed by atoms with Gasteiger partial charge in [0.1, 0.15) is 6.04 Å². The molecule has 1 saturated heterocycles. The Morgan fingerprint density at radius 1 is 0.733 bits per heavy atom. The predicted octanol–water partition coefficient (Wildman–Crippen LogP) is 8.01. The van der Waals surface area contributed by atoms with Crippen molar-refractivity contribution in [2.75, 3.05) is 33.2 Å². The third kappa shape index (κ3) is 16.0. The second-order valence-corrected chi connectivity index (χ2v) is 13.6. The van der Waals surface area contributed by atoms with Crippen LogP contribution < -0.4 is 5.32 Å². The van der Waals surface area contributed by atoms with Crippen molar-refractivity contribution in [1.82, 2.24) is 10.2 Å². The molecule has 1 unspecified atom stereocenters. The molecule has 1 aromatic rings. The molecule has 1 fully saturated rings. The first kappa shape index (κ1) is 38.6. The number of Topliss-reactive ketones (excluding diaryl/α,β-unsaturated/α-hetero) is 1. The topological polar surface area (TPSA) is 83.6 Å². The Kier molecular flexibility index (Phi) is 19.7. The Hall–Kier alpha value is -2.54. The molecule has 7 nitrogen and oxygen atoms in total. The van der Waals surface area contributed by atoms with Crippen molar-refractivity contribution in [3.8, 4) is 0 Å². The summed E-state index contributed by atoms with van der Waals surface area (Å²) < 4.78 is 0.675. The molecule has 1 aliphatic heterocycles. The third-order valence-corrected chi connectivity index (χ3v) is 9.37. The average Bonchev–Trinajstić information content (AvgIpc) is 3.03. The number of carbonyl (C=O) groups is 4. The molecule has 2 rings (SSSR count). The summed E-state index contributed by atoms with van der Waals surface area (Å²) in [6.45, 7) is 6.45. The van der Waals surface area contributed by atoms with Crippen LogP contribution in [0, 0.1) is 0 Å². The highest BCUT2D eigenvalue weighted by Gasteiger charge is 2.37. The van der Waals surface area contributed by atoms with Crippen LogP contribution in [0.1, 0.15) is 153 Å². The normalized spacial score (nSPS) is 15.4. The van der Waals surface area contributed by atoms with Crippen LogP contribution in [0.2, 0.25) is 0 Å². The first-order valence-electron chi connectivity index (χ1n) is 18.3. The van der Waals surface area contributed by atoms with E-state index < -0.39 is 11.9 Å². The van der Waals surface area contributed by atoms with Crippen molar-refractivity contribution in [2.24, 2.45) is 0 Å². The highest BCUT2D eigenvalue weighted by Crippen LogP contribution is 2.18. The monoisotopic (exact) mass is 626 g/mol. The molecule has 45 heavy (non-hydrogen) atoms. The van der Waals surface area contributed by atoms with Gasteiger partial charge in [-0.15, -0.1) is 0 Å². The van der Waals surface area contributed by atoms with E-state index in [1.807, 2.05) is 6.07 Å². The van der Waals surface area contributed by atoms with Crippen molar-refractivity contribution in [2.45, 2.75) is 148 Å². The van der Waals surface area contributed by atoms with E-state index in [0.717, 1.165) is 30.8 Å². The molecule has 0 aliphatic carbocycles. The Labute approximate surface area is 274 Å². The number of ketones is 1. The Bertz CT molecular complexity index is 974. The number of nitrogens with one attached hydrogen (secondary N) is 1. The van der Waals surface area contributed by atoms with Crippen molar-refractivity contribution in [3.05, 3.63) is 35.9 Å². The number of benzene rings is 1. The Morgan fingerprint density at radius 2 is 1.20 bits per heavy atom. The number of hydrogen-bond acceptors (Lipinski definition) is 4. The zero-order valence-corrected chi connectivity index (χ0v) is 29.0. The van der Waals surface area contributed by atoms with E-state index in [4.69, 9.17) is 0 Å². The van der Waals surface area contributed by atoms with Crippen LogP contribution >= 0.6 is 0 Å². The minimum absolute atomic E-state index is 0.141. The zero-order valence-electron chi connectivity index (χ0n) is 29.0. The van der Waals surface area contributed by atoms with Crippen molar-refractivity contribution >= 4 is 23.5 Å². The number of nitrogens with zero attached hydrogens (tertiary/aromatic N) is 2. The molecule has 0 radical (unpaired) electrons. The van der Waals surface area contributed by atoms with E-state index in [0.29, 0.717) is 16.6 Å². The SMILES string of the molecule is CCCCCCCCCCC[N+](C)(CCCCCCCCCCC)CC(=O)NC1CCC(=O)N(CC(=O)c2ccccc2)C1=O. The quantitative estimate of drug-likeness (QED) is 0.0489. The fourth-order valence-electron chi connectivity index (χ4n) is 6.46. The summed E-state index contributed by atoms with van der Waals surface area (Å²) in [4.78, 5) is 53.0. The molecule has 0 bridgehead atoms. The van der Waals surface area contributed by atoms with Gasteiger partial charge in [-0.2, -0.15) is 0 Å². The molecular formula is C38H64N3O4+. The summed E-state index contributed by atoms with van der Waals surface area (Å²) in [6, 6.07) is 7.92. The smallest absolute Gasteiger partial charge is 0.275 e. The van der Waals surface area contributed by atoms with Crippen molar-refractivity contribution in [1.29, 1.82) is 0 Å². The minimum Gasteiger partial charge on any atom is -0.339 e. The first-order chi connectivity index (χ1) is 21.8. The highest BCUT2D eigenvalue weighted by atomic mass is 16.2. The van der Waals surface area contributed by atoms with Crippen LogP contribution in [0.25, 0.3) is 0 Å². The lowest BCUT2D eigenvalue weighted by atomic mass is 10.0. The van der Waals surface area contributed by atoms with Gasteiger partial charge in [-0.1, -0.05) is 134 Å². The summed E-state index contributed by atoms with van der Waals surface area (Å²) in [6.07, 6.45) is 23.3. The molecule has 7 heteroatoms. The fourth-order valence-corrected chi connectivity index (χ4v) is 6.46. The highest BCUT2D eigenvalue weighted by molar-refractivity contribution is 6.07. The third-order valence-electron chi connectivity index (χ3n) is 9.37. The number of likely N-dealkylation sites (N-methyl/N-ethyl adjacent to an activating group) is 1. The lowest BCUT2D eigenvalue weighted by molar-refractivity contribution is -0.902. The lowest BCUT2D eigenvalue weighted by Gasteiger charge is -2.35. The van der Waals surface area contributed by atoms with E-state index in [-0.39, 0.29) is 37.0 Å². The van der Waals surface area contributed by atoms with E-state index in [9.17, 15) is 19.2 Å². The summed E-state index contributed by atoms with van der Waals surface area (Å²) >= 11 is 0. The van der Waals surface area contributed by atoms with Crippen molar-refractivity contribution < 1.29 is 23.7 Å². The standard InChI is InChI=1S/C38H63N3O4/c1-4-6-8-10-12-14-16-18-23-29-41(3,30-24-19-17-15-13-11-9-7-5-2)32-36(43)39-34-27-28-37(44)40(38(34)45)31-35(42)33-25-21-20-22-26-33/h20-22,25-26,34H,4-19,23-24,27-32H2,1-3H3/p+1. The van der Waals surface area contributed by atoms with Crippen LogP contribution in [-0.2, 0) is 14.4 Å². The number of unbranched alkanes of at least 4 members (excludes halogenated alkanes) is 16. The van der Waals surface area contributed by atoms with Gasteiger partial charge in [0.05, 0.1) is 26.7 Å².